The Morgan fingerprint density at radius 3 is 3.00 bits per heavy atom. The Morgan fingerprint density at radius 2 is 2.24 bits per heavy atom. The van der Waals surface area contributed by atoms with Crippen molar-refractivity contribution in [1.29, 1.82) is 0 Å². The number of nitrogens with zero attached hydrogens (tertiary/aromatic N) is 1. The zero-order chi connectivity index (χ0) is 14.7. The van der Waals surface area contributed by atoms with Gasteiger partial charge in [-0.25, -0.2) is 4.98 Å². The van der Waals surface area contributed by atoms with Gasteiger partial charge in [-0.05, 0) is 43.9 Å². The van der Waals surface area contributed by atoms with Crippen LogP contribution >= 0.6 is 11.3 Å². The number of fused-ring (bicyclic) bond motifs is 1. The number of amides is 1. The van der Waals surface area contributed by atoms with E-state index in [1.807, 2.05) is 25.1 Å². The zero-order valence-electron chi connectivity index (χ0n) is 12.2. The maximum absolute atomic E-state index is 12.0. The third-order valence-corrected chi connectivity index (χ3v) is 4.80. The van der Waals surface area contributed by atoms with Gasteiger partial charge in [0.05, 0.1) is 16.8 Å². The minimum absolute atomic E-state index is 0.0889. The highest BCUT2D eigenvalue weighted by Gasteiger charge is 2.19. The van der Waals surface area contributed by atoms with Crippen molar-refractivity contribution in [2.75, 3.05) is 11.9 Å². The number of benzene rings is 1. The smallest absolute Gasteiger partial charge is 0.226 e. The van der Waals surface area contributed by atoms with Crippen LogP contribution in [-0.4, -0.2) is 17.5 Å². The Morgan fingerprint density at radius 1 is 1.43 bits per heavy atom. The maximum atomic E-state index is 12.0. The second-order valence-electron chi connectivity index (χ2n) is 5.48. The number of carbonyl (C=O) groups excluding carboxylic acids is 1. The molecule has 1 heterocycles. The predicted octanol–water partition coefficient (Wildman–Crippen LogP) is 4.21. The van der Waals surface area contributed by atoms with Crippen molar-refractivity contribution in [3.63, 3.8) is 0 Å². The van der Waals surface area contributed by atoms with Gasteiger partial charge in [-0.1, -0.05) is 24.2 Å². The van der Waals surface area contributed by atoms with Crippen LogP contribution in [0.25, 0.3) is 10.2 Å². The van der Waals surface area contributed by atoms with Gasteiger partial charge in [-0.15, -0.1) is 0 Å². The molecule has 2 aromatic rings. The SMILES string of the molecule is CCOc1ccc2nc(NC(=O)CC3CCCC3)sc2c1. The first kappa shape index (κ1) is 14.3. The Kier molecular flexibility index (Phi) is 4.39. The van der Waals surface area contributed by atoms with E-state index in [0.29, 0.717) is 24.1 Å². The Labute approximate surface area is 128 Å². The van der Waals surface area contributed by atoms with Gasteiger partial charge in [0.1, 0.15) is 5.75 Å². The largest absolute Gasteiger partial charge is 0.494 e. The molecule has 1 aliphatic carbocycles. The molecule has 1 fully saturated rings. The normalized spacial score (nSPS) is 15.5. The van der Waals surface area contributed by atoms with E-state index in [-0.39, 0.29) is 5.91 Å². The number of nitrogens with one attached hydrogen (secondary N) is 1. The molecule has 0 bridgehead atoms. The third kappa shape index (κ3) is 3.53. The van der Waals surface area contributed by atoms with Gasteiger partial charge in [-0.3, -0.25) is 4.79 Å². The number of hydrogen-bond donors (Lipinski definition) is 1. The molecule has 3 rings (SSSR count). The van der Waals surface area contributed by atoms with E-state index in [4.69, 9.17) is 4.74 Å². The molecule has 0 radical (unpaired) electrons. The molecular weight excluding hydrogens is 284 g/mol. The van der Waals surface area contributed by atoms with Gasteiger partial charge in [-0.2, -0.15) is 0 Å². The quantitative estimate of drug-likeness (QED) is 0.900. The molecule has 112 valence electrons. The van der Waals surface area contributed by atoms with Gasteiger partial charge >= 0.3 is 0 Å². The van der Waals surface area contributed by atoms with Crippen molar-refractivity contribution in [1.82, 2.24) is 4.98 Å². The second-order valence-corrected chi connectivity index (χ2v) is 6.51. The third-order valence-electron chi connectivity index (χ3n) is 3.87. The summed E-state index contributed by atoms with van der Waals surface area (Å²) in [5, 5.41) is 3.62. The first-order chi connectivity index (χ1) is 10.2. The molecule has 1 amide bonds. The molecule has 1 N–H and O–H groups in total. The number of carbonyl (C=O) groups is 1. The van der Waals surface area contributed by atoms with Gasteiger partial charge < -0.3 is 10.1 Å². The van der Waals surface area contributed by atoms with E-state index >= 15 is 0 Å². The highest BCUT2D eigenvalue weighted by atomic mass is 32.1. The average Bonchev–Trinajstić information content (AvgIpc) is 3.07. The minimum atomic E-state index is 0.0889. The Balaban J connectivity index is 1.67. The maximum Gasteiger partial charge on any atom is 0.226 e. The van der Waals surface area contributed by atoms with E-state index in [1.54, 1.807) is 0 Å². The van der Waals surface area contributed by atoms with Crippen molar-refractivity contribution in [3.05, 3.63) is 18.2 Å². The number of anilines is 1. The lowest BCUT2D eigenvalue weighted by Gasteiger charge is -2.07. The second kappa shape index (κ2) is 6.43. The van der Waals surface area contributed by atoms with Crippen LogP contribution in [0.1, 0.15) is 39.0 Å². The standard InChI is InChI=1S/C16H20N2O2S/c1-2-20-12-7-8-13-14(10-12)21-16(17-13)18-15(19)9-11-5-3-4-6-11/h7-8,10-11H,2-6,9H2,1H3,(H,17,18,19). The summed E-state index contributed by atoms with van der Waals surface area (Å²) < 4.78 is 6.52. The van der Waals surface area contributed by atoms with E-state index in [1.165, 1.54) is 37.0 Å². The predicted molar refractivity (Wildman–Crippen MR) is 86.0 cm³/mol. The van der Waals surface area contributed by atoms with Crippen LogP contribution in [0.5, 0.6) is 5.75 Å². The summed E-state index contributed by atoms with van der Waals surface area (Å²) >= 11 is 1.50. The number of rotatable bonds is 5. The summed E-state index contributed by atoms with van der Waals surface area (Å²) in [5.41, 5.74) is 0.902. The topological polar surface area (TPSA) is 51.2 Å². The highest BCUT2D eigenvalue weighted by molar-refractivity contribution is 7.22. The molecule has 0 aliphatic heterocycles. The van der Waals surface area contributed by atoms with E-state index in [0.717, 1.165) is 16.0 Å². The van der Waals surface area contributed by atoms with Crippen LogP contribution in [-0.2, 0) is 4.79 Å². The van der Waals surface area contributed by atoms with Gasteiger partial charge in [0.25, 0.3) is 0 Å². The number of thiazole rings is 1. The lowest BCUT2D eigenvalue weighted by atomic mass is 10.0. The van der Waals surface area contributed by atoms with Crippen LogP contribution < -0.4 is 10.1 Å². The number of aromatic nitrogens is 1. The molecule has 1 aromatic carbocycles. The summed E-state index contributed by atoms with van der Waals surface area (Å²) in [6.07, 6.45) is 5.52. The fourth-order valence-corrected chi connectivity index (χ4v) is 3.77. The van der Waals surface area contributed by atoms with Crippen LogP contribution in [0.3, 0.4) is 0 Å². The van der Waals surface area contributed by atoms with Crippen LogP contribution in [0.4, 0.5) is 5.13 Å². The number of ether oxygens (including phenoxy) is 1. The Bertz CT molecular complexity index is 632. The van der Waals surface area contributed by atoms with Crippen molar-refractivity contribution in [3.8, 4) is 5.75 Å². The van der Waals surface area contributed by atoms with Crippen LogP contribution in [0.15, 0.2) is 18.2 Å². The molecule has 0 spiro atoms. The van der Waals surface area contributed by atoms with Crippen LogP contribution in [0.2, 0.25) is 0 Å². The summed E-state index contributed by atoms with van der Waals surface area (Å²) in [6, 6.07) is 5.82. The summed E-state index contributed by atoms with van der Waals surface area (Å²) in [5.74, 6) is 1.49. The van der Waals surface area contributed by atoms with Gasteiger partial charge in [0.15, 0.2) is 5.13 Å². The van der Waals surface area contributed by atoms with Crippen molar-refractivity contribution >= 4 is 32.6 Å². The van der Waals surface area contributed by atoms with Gasteiger partial charge in [0, 0.05) is 6.42 Å². The fraction of sp³-hybridized carbons (Fsp3) is 0.500. The molecule has 1 saturated carbocycles. The molecular formula is C16H20N2O2S. The Hall–Kier alpha value is -1.62. The van der Waals surface area contributed by atoms with Crippen LogP contribution in [0, 0.1) is 5.92 Å². The van der Waals surface area contributed by atoms with Crippen molar-refractivity contribution in [2.24, 2.45) is 5.92 Å². The summed E-state index contributed by atoms with van der Waals surface area (Å²) in [4.78, 5) is 16.5. The lowest BCUT2D eigenvalue weighted by molar-refractivity contribution is -0.117. The van der Waals surface area contributed by atoms with E-state index < -0.39 is 0 Å². The van der Waals surface area contributed by atoms with E-state index in [9.17, 15) is 4.79 Å². The molecule has 0 unspecified atom stereocenters. The first-order valence-corrected chi connectivity index (χ1v) is 8.39. The molecule has 0 atom stereocenters. The highest BCUT2D eigenvalue weighted by Crippen LogP contribution is 2.31. The molecule has 5 heteroatoms. The molecule has 4 nitrogen and oxygen atoms in total. The fourth-order valence-electron chi connectivity index (χ4n) is 2.86. The average molecular weight is 304 g/mol. The van der Waals surface area contributed by atoms with E-state index in [2.05, 4.69) is 10.3 Å². The first-order valence-electron chi connectivity index (χ1n) is 7.58. The molecule has 1 aromatic heterocycles. The molecule has 1 aliphatic rings. The summed E-state index contributed by atoms with van der Waals surface area (Å²) in [6.45, 7) is 2.61. The molecule has 21 heavy (non-hydrogen) atoms. The lowest BCUT2D eigenvalue weighted by Crippen LogP contribution is -2.14. The minimum Gasteiger partial charge on any atom is -0.494 e. The molecule has 0 saturated heterocycles. The van der Waals surface area contributed by atoms with Crippen molar-refractivity contribution < 1.29 is 9.53 Å². The van der Waals surface area contributed by atoms with Crippen molar-refractivity contribution in [2.45, 2.75) is 39.0 Å². The van der Waals surface area contributed by atoms with Gasteiger partial charge in [0.2, 0.25) is 5.91 Å². The number of hydrogen-bond acceptors (Lipinski definition) is 4. The zero-order valence-corrected chi connectivity index (χ0v) is 13.0. The monoisotopic (exact) mass is 304 g/mol. The summed E-state index contributed by atoms with van der Waals surface area (Å²) in [7, 11) is 0.